The molecular formula is C27H18BrClFN5O2. The second-order valence-electron chi connectivity index (χ2n) is 7.89. The Morgan fingerprint density at radius 1 is 1.24 bits per heavy atom. The minimum Gasteiger partial charge on any atom is -0.453 e. The molecule has 0 aliphatic rings. The van der Waals surface area contributed by atoms with Crippen molar-refractivity contribution in [2.24, 2.45) is 0 Å². The highest BCUT2D eigenvalue weighted by molar-refractivity contribution is 9.10. The molecular weight excluding hydrogens is 561 g/mol. The molecule has 0 atom stereocenters. The lowest BCUT2D eigenvalue weighted by atomic mass is 9.99. The molecule has 0 bridgehead atoms. The number of ether oxygens (including phenoxy) is 1. The number of amides is 1. The minimum absolute atomic E-state index is 0.0617. The lowest BCUT2D eigenvalue weighted by Gasteiger charge is -2.20. The lowest BCUT2D eigenvalue weighted by molar-refractivity contribution is 0.0991. The summed E-state index contributed by atoms with van der Waals surface area (Å²) < 4.78 is 21.7. The number of nitriles is 1. The van der Waals surface area contributed by atoms with Crippen LogP contribution < -0.4 is 9.64 Å². The van der Waals surface area contributed by atoms with Gasteiger partial charge in [-0.15, -0.1) is 5.10 Å². The van der Waals surface area contributed by atoms with Crippen LogP contribution in [0, 0.1) is 17.1 Å². The predicted molar refractivity (Wildman–Crippen MR) is 142 cm³/mol. The van der Waals surface area contributed by atoms with E-state index in [1.54, 1.807) is 43.6 Å². The highest BCUT2D eigenvalue weighted by Gasteiger charge is 2.21. The molecule has 0 aliphatic heterocycles. The summed E-state index contributed by atoms with van der Waals surface area (Å²) in [6.45, 7) is 4.12. The van der Waals surface area contributed by atoms with Crippen molar-refractivity contribution >= 4 is 44.8 Å². The van der Waals surface area contributed by atoms with Gasteiger partial charge in [0.1, 0.15) is 5.75 Å². The van der Waals surface area contributed by atoms with Gasteiger partial charge >= 0.3 is 0 Å². The normalized spacial score (nSPS) is 10.5. The highest BCUT2D eigenvalue weighted by Crippen LogP contribution is 2.37. The Labute approximate surface area is 225 Å². The highest BCUT2D eigenvalue weighted by atomic mass is 79.9. The monoisotopic (exact) mass is 577 g/mol. The van der Waals surface area contributed by atoms with E-state index in [0.29, 0.717) is 26.7 Å². The first kappa shape index (κ1) is 25.9. The van der Waals surface area contributed by atoms with Gasteiger partial charge in [0.25, 0.3) is 5.91 Å². The number of nitrogens with zero attached hydrogens (tertiary/aromatic N) is 5. The van der Waals surface area contributed by atoms with Crippen LogP contribution in [0.2, 0.25) is 5.02 Å². The van der Waals surface area contributed by atoms with Crippen molar-refractivity contribution in [2.45, 2.75) is 6.42 Å². The largest absolute Gasteiger partial charge is 0.453 e. The third-order valence-electron chi connectivity index (χ3n) is 5.37. The van der Waals surface area contributed by atoms with Crippen molar-refractivity contribution in [1.29, 1.82) is 5.26 Å². The van der Waals surface area contributed by atoms with Gasteiger partial charge in [-0.05, 0) is 69.5 Å². The molecule has 0 radical (unpaired) electrons. The maximum atomic E-state index is 15.6. The van der Waals surface area contributed by atoms with Gasteiger partial charge in [-0.1, -0.05) is 24.2 Å². The number of hydrogen-bond acceptors (Lipinski definition) is 6. The number of pyridine rings is 1. The second kappa shape index (κ2) is 11.3. The first-order valence-corrected chi connectivity index (χ1v) is 12.0. The van der Waals surface area contributed by atoms with Crippen LogP contribution in [-0.4, -0.2) is 28.1 Å². The Bertz CT molecular complexity index is 1540. The molecule has 0 saturated heterocycles. The van der Waals surface area contributed by atoms with E-state index in [-0.39, 0.29) is 40.2 Å². The topological polar surface area (TPSA) is 92.0 Å². The fraction of sp³-hybridized carbons (Fsp3) is 0.0741. The number of carbonyl (C=O) groups is 1. The van der Waals surface area contributed by atoms with E-state index >= 15 is 4.39 Å². The van der Waals surface area contributed by atoms with E-state index in [4.69, 9.17) is 16.3 Å². The standard InChI is InChI=1S/C27H18BrClFN5O2/c1-16(22-7-9-33-34-26(22)35(2)27(36)19-4-3-8-32-15-19)10-18-5-6-23(28)25(24(18)30)37-21-12-17(14-31)11-20(29)13-21/h3-9,11-13,15H,1,10H2,2H3. The summed E-state index contributed by atoms with van der Waals surface area (Å²) in [4.78, 5) is 18.3. The van der Waals surface area contributed by atoms with Crippen LogP contribution in [0.25, 0.3) is 5.57 Å². The summed E-state index contributed by atoms with van der Waals surface area (Å²) in [6, 6.07) is 14.7. The van der Waals surface area contributed by atoms with Crippen LogP contribution in [0.1, 0.15) is 27.0 Å². The SMILES string of the molecule is C=C(Cc1ccc(Br)c(Oc2cc(Cl)cc(C#N)c2)c1F)c1ccnnc1N(C)C(=O)c1cccnc1. The molecule has 0 N–H and O–H groups in total. The van der Waals surface area contributed by atoms with Crippen LogP contribution in [0.15, 0.2) is 78.2 Å². The van der Waals surface area contributed by atoms with Crippen molar-refractivity contribution in [3.8, 4) is 17.6 Å². The third-order valence-corrected chi connectivity index (χ3v) is 6.21. The van der Waals surface area contributed by atoms with Crippen LogP contribution in [0.4, 0.5) is 10.2 Å². The first-order valence-electron chi connectivity index (χ1n) is 10.8. The molecule has 0 fully saturated rings. The number of aromatic nitrogens is 3. The average molecular weight is 579 g/mol. The summed E-state index contributed by atoms with van der Waals surface area (Å²) in [7, 11) is 1.57. The maximum Gasteiger partial charge on any atom is 0.260 e. The van der Waals surface area contributed by atoms with E-state index in [0.717, 1.165) is 0 Å². The van der Waals surface area contributed by atoms with Crippen LogP contribution >= 0.6 is 27.5 Å². The molecule has 4 aromatic rings. The molecule has 0 spiro atoms. The second-order valence-corrected chi connectivity index (χ2v) is 9.18. The van der Waals surface area contributed by atoms with Gasteiger partial charge in [0.2, 0.25) is 0 Å². The summed E-state index contributed by atoms with van der Waals surface area (Å²) in [6.07, 6.45) is 4.61. The number of carbonyl (C=O) groups excluding carboxylic acids is 1. The van der Waals surface area contributed by atoms with Crippen molar-refractivity contribution in [3.63, 3.8) is 0 Å². The van der Waals surface area contributed by atoms with Gasteiger partial charge < -0.3 is 4.74 Å². The van der Waals surface area contributed by atoms with E-state index in [9.17, 15) is 10.1 Å². The Hall–Kier alpha value is -4.13. The van der Waals surface area contributed by atoms with E-state index in [1.807, 2.05) is 6.07 Å². The molecule has 2 aromatic carbocycles. The minimum atomic E-state index is -0.614. The quantitative estimate of drug-likeness (QED) is 0.245. The number of halogens is 3. The summed E-state index contributed by atoms with van der Waals surface area (Å²) in [5.41, 5.74) is 2.01. The summed E-state index contributed by atoms with van der Waals surface area (Å²) >= 11 is 9.37. The molecule has 0 saturated carbocycles. The van der Waals surface area contributed by atoms with Crippen LogP contribution in [0.5, 0.6) is 11.5 Å². The number of anilines is 1. The summed E-state index contributed by atoms with van der Waals surface area (Å²) in [5.74, 6) is -0.508. The van der Waals surface area contributed by atoms with Crippen molar-refractivity contribution in [3.05, 3.63) is 111 Å². The van der Waals surface area contributed by atoms with Crippen LogP contribution in [0.3, 0.4) is 0 Å². The summed E-state index contributed by atoms with van der Waals surface area (Å²) in [5, 5.41) is 17.5. The zero-order valence-corrected chi connectivity index (χ0v) is 21.8. The molecule has 1 amide bonds. The van der Waals surface area contributed by atoms with Gasteiger partial charge in [0.15, 0.2) is 17.4 Å². The molecule has 2 heterocycles. The zero-order valence-electron chi connectivity index (χ0n) is 19.5. The average Bonchev–Trinajstić information content (AvgIpc) is 2.91. The molecule has 0 aliphatic carbocycles. The zero-order chi connectivity index (χ0) is 26.5. The van der Waals surface area contributed by atoms with Crippen molar-refractivity contribution in [2.75, 3.05) is 11.9 Å². The third kappa shape index (κ3) is 5.82. The fourth-order valence-electron chi connectivity index (χ4n) is 3.56. The van der Waals surface area contributed by atoms with Gasteiger partial charge in [0, 0.05) is 36.4 Å². The van der Waals surface area contributed by atoms with Gasteiger partial charge in [-0.2, -0.15) is 10.4 Å². The van der Waals surface area contributed by atoms with E-state index < -0.39 is 5.82 Å². The van der Waals surface area contributed by atoms with E-state index in [2.05, 4.69) is 37.7 Å². The van der Waals surface area contributed by atoms with E-state index in [1.165, 1.54) is 35.5 Å². The van der Waals surface area contributed by atoms with Gasteiger partial charge in [-0.25, -0.2) is 4.39 Å². The fourth-order valence-corrected chi connectivity index (χ4v) is 4.17. The molecule has 37 heavy (non-hydrogen) atoms. The Morgan fingerprint density at radius 2 is 2.05 bits per heavy atom. The number of benzene rings is 2. The smallest absolute Gasteiger partial charge is 0.260 e. The van der Waals surface area contributed by atoms with Crippen LogP contribution in [-0.2, 0) is 6.42 Å². The van der Waals surface area contributed by atoms with Gasteiger partial charge in [-0.3, -0.25) is 14.7 Å². The predicted octanol–water partition coefficient (Wildman–Crippen LogP) is 6.62. The van der Waals surface area contributed by atoms with Crippen molar-refractivity contribution < 1.29 is 13.9 Å². The molecule has 10 heteroatoms. The first-order chi connectivity index (χ1) is 17.8. The maximum absolute atomic E-state index is 15.6. The molecule has 2 aromatic heterocycles. The number of allylic oxidation sites excluding steroid dienone is 1. The Kier molecular flexibility index (Phi) is 7.92. The number of rotatable bonds is 7. The number of hydrogen-bond donors (Lipinski definition) is 0. The Balaban J connectivity index is 1.62. The molecule has 184 valence electrons. The lowest BCUT2D eigenvalue weighted by Crippen LogP contribution is -2.28. The molecule has 7 nitrogen and oxygen atoms in total. The van der Waals surface area contributed by atoms with Gasteiger partial charge in [0.05, 0.1) is 27.9 Å². The van der Waals surface area contributed by atoms with Crippen molar-refractivity contribution in [1.82, 2.24) is 15.2 Å². The Morgan fingerprint density at radius 3 is 2.78 bits per heavy atom. The molecule has 0 unspecified atom stereocenters. The molecule has 4 rings (SSSR count).